The zero-order valence-corrected chi connectivity index (χ0v) is 19.5. The van der Waals surface area contributed by atoms with E-state index in [1.54, 1.807) is 62.4 Å². The highest BCUT2D eigenvalue weighted by Crippen LogP contribution is 2.34. The molecule has 1 N–H and O–H groups in total. The largest absolute Gasteiger partial charge is 0.443 e. The average molecular weight is 467 g/mol. The molecule has 0 aromatic heterocycles. The van der Waals surface area contributed by atoms with Gasteiger partial charge in [-0.3, -0.25) is 9.59 Å². The van der Waals surface area contributed by atoms with Gasteiger partial charge < -0.3 is 9.47 Å². The van der Waals surface area contributed by atoms with E-state index in [1.165, 1.54) is 0 Å². The summed E-state index contributed by atoms with van der Waals surface area (Å²) in [5.74, 6) is -1.41. The smallest absolute Gasteiger partial charge is 0.430 e. The van der Waals surface area contributed by atoms with Crippen molar-refractivity contribution in [2.24, 2.45) is 5.92 Å². The fraction of sp³-hybridized carbons (Fsp3) is 0.385. The molecule has 0 aliphatic heterocycles. The molecule has 2 amide bonds. The first-order chi connectivity index (χ1) is 16.3. The number of hydrogen-bond acceptors (Lipinski definition) is 6. The van der Waals surface area contributed by atoms with Gasteiger partial charge in [-0.2, -0.15) is 5.01 Å². The first kappa shape index (κ1) is 25.0. The number of rotatable bonds is 7. The Bertz CT molecular complexity index is 1010. The molecule has 8 heteroatoms. The fourth-order valence-corrected chi connectivity index (χ4v) is 4.02. The first-order valence-corrected chi connectivity index (χ1v) is 11.4. The number of Topliss-reactive ketones (excluding diaryl/α,β-unsaturated/α-hetero) is 2. The lowest BCUT2D eigenvalue weighted by Gasteiger charge is -2.42. The summed E-state index contributed by atoms with van der Waals surface area (Å²) in [5, 5.41) is 0.757. The Hall–Kier alpha value is -3.68. The van der Waals surface area contributed by atoms with Crippen LogP contribution in [0.5, 0.6) is 0 Å². The average Bonchev–Trinajstić information content (AvgIpc) is 2.86. The maximum atomic E-state index is 13.3. The number of carbonyl (C=O) groups is 4. The molecule has 1 saturated carbocycles. The normalized spacial score (nSPS) is 17.7. The van der Waals surface area contributed by atoms with E-state index in [0.29, 0.717) is 12.8 Å². The van der Waals surface area contributed by atoms with E-state index in [1.807, 2.05) is 12.1 Å². The molecule has 0 saturated heterocycles. The van der Waals surface area contributed by atoms with Gasteiger partial charge in [0.05, 0.1) is 0 Å². The highest BCUT2D eigenvalue weighted by atomic mass is 16.6. The van der Waals surface area contributed by atoms with E-state index < -0.39 is 35.2 Å². The van der Waals surface area contributed by atoms with Crippen molar-refractivity contribution in [2.45, 2.75) is 58.3 Å². The van der Waals surface area contributed by atoms with Gasteiger partial charge >= 0.3 is 12.2 Å². The summed E-state index contributed by atoms with van der Waals surface area (Å²) in [6.45, 7) is 3.19. The van der Waals surface area contributed by atoms with Crippen LogP contribution in [0.4, 0.5) is 9.59 Å². The number of ether oxygens (including phenoxy) is 2. The molecule has 8 nitrogen and oxygen atoms in total. The van der Waals surface area contributed by atoms with Crippen molar-refractivity contribution in [3.05, 3.63) is 71.8 Å². The van der Waals surface area contributed by atoms with Crippen LogP contribution in [0, 0.1) is 5.92 Å². The Morgan fingerprint density at radius 2 is 1.47 bits per heavy atom. The Morgan fingerprint density at radius 1 is 0.912 bits per heavy atom. The van der Waals surface area contributed by atoms with Gasteiger partial charge in [0.1, 0.15) is 13.2 Å². The molecule has 0 unspecified atom stereocenters. The van der Waals surface area contributed by atoms with E-state index in [9.17, 15) is 19.2 Å². The maximum absolute atomic E-state index is 13.3. The van der Waals surface area contributed by atoms with Crippen molar-refractivity contribution in [3.8, 4) is 0 Å². The zero-order chi connectivity index (χ0) is 24.6. The molecule has 0 radical (unpaired) electrons. The summed E-state index contributed by atoms with van der Waals surface area (Å²) >= 11 is 0. The SMILES string of the molecule is CC(C)C(=O)[C@@]1(N(NC(=O)OCc2ccccc2)C(=O)OCc2ccccc2)CCCCC1=O. The predicted molar refractivity (Wildman–Crippen MR) is 124 cm³/mol. The van der Waals surface area contributed by atoms with Gasteiger partial charge in [-0.05, 0) is 30.4 Å². The fourth-order valence-electron chi connectivity index (χ4n) is 4.02. The van der Waals surface area contributed by atoms with Crippen LogP contribution in [0.2, 0.25) is 0 Å². The Morgan fingerprint density at radius 3 is 2.00 bits per heavy atom. The molecule has 1 atom stereocenters. The van der Waals surface area contributed by atoms with Gasteiger partial charge in [-0.1, -0.05) is 74.5 Å². The number of hydrogen-bond donors (Lipinski definition) is 1. The topological polar surface area (TPSA) is 102 Å². The quantitative estimate of drug-likeness (QED) is 0.474. The number of nitrogens with one attached hydrogen (secondary N) is 1. The highest BCUT2D eigenvalue weighted by Gasteiger charge is 2.55. The summed E-state index contributed by atoms with van der Waals surface area (Å²) in [6.07, 6.45) is -0.575. The van der Waals surface area contributed by atoms with Crippen molar-refractivity contribution in [1.82, 2.24) is 10.4 Å². The minimum absolute atomic E-state index is 0.0430. The van der Waals surface area contributed by atoms with E-state index >= 15 is 0 Å². The summed E-state index contributed by atoms with van der Waals surface area (Å²) in [5.41, 5.74) is 1.99. The summed E-state index contributed by atoms with van der Waals surface area (Å²) in [6, 6.07) is 18.0. The van der Waals surface area contributed by atoms with Crippen LogP contribution in [0.15, 0.2) is 60.7 Å². The third kappa shape index (κ3) is 5.81. The second-order valence-electron chi connectivity index (χ2n) is 8.56. The number of amides is 2. The van der Waals surface area contributed by atoms with E-state index in [2.05, 4.69) is 5.43 Å². The molecule has 3 rings (SSSR count). The van der Waals surface area contributed by atoms with Gasteiger partial charge in [0.25, 0.3) is 0 Å². The van der Waals surface area contributed by atoms with Crippen LogP contribution >= 0.6 is 0 Å². The molecule has 0 bridgehead atoms. The summed E-state index contributed by atoms with van der Waals surface area (Å²) < 4.78 is 10.7. The minimum Gasteiger partial charge on any atom is -0.443 e. The van der Waals surface area contributed by atoms with Gasteiger partial charge in [0.2, 0.25) is 0 Å². The second kappa shape index (κ2) is 11.4. The monoisotopic (exact) mass is 466 g/mol. The minimum atomic E-state index is -1.84. The van der Waals surface area contributed by atoms with Crippen LogP contribution < -0.4 is 5.43 Å². The molecule has 1 fully saturated rings. The van der Waals surface area contributed by atoms with Crippen molar-refractivity contribution in [3.63, 3.8) is 0 Å². The zero-order valence-electron chi connectivity index (χ0n) is 19.5. The standard InChI is InChI=1S/C26H30N2O6/c1-19(2)23(30)26(16-10-9-15-22(26)29)28(25(32)34-18-21-13-7-4-8-14-21)27-24(31)33-17-20-11-5-3-6-12-20/h3-8,11-14,19H,9-10,15-18H2,1-2H3,(H,27,31)/t26-/m1/s1. The molecular weight excluding hydrogens is 436 g/mol. The van der Waals surface area contributed by atoms with Crippen molar-refractivity contribution in [1.29, 1.82) is 0 Å². The predicted octanol–water partition coefficient (Wildman–Crippen LogP) is 4.57. The van der Waals surface area contributed by atoms with E-state index in [-0.39, 0.29) is 26.1 Å². The lowest BCUT2D eigenvalue weighted by molar-refractivity contribution is -0.149. The van der Waals surface area contributed by atoms with Crippen LogP contribution in [0.3, 0.4) is 0 Å². The molecule has 0 spiro atoms. The third-order valence-electron chi connectivity index (χ3n) is 5.77. The van der Waals surface area contributed by atoms with Gasteiger partial charge in [0.15, 0.2) is 17.1 Å². The molecule has 2 aromatic carbocycles. The molecular formula is C26H30N2O6. The Kier molecular flexibility index (Phi) is 8.40. The maximum Gasteiger partial charge on any atom is 0.430 e. The lowest BCUT2D eigenvalue weighted by Crippen LogP contribution is -2.69. The lowest BCUT2D eigenvalue weighted by atomic mass is 9.74. The summed E-state index contributed by atoms with van der Waals surface area (Å²) in [4.78, 5) is 52.4. The molecule has 1 aliphatic rings. The third-order valence-corrected chi connectivity index (χ3v) is 5.77. The van der Waals surface area contributed by atoms with Crippen LogP contribution in [0.25, 0.3) is 0 Å². The first-order valence-electron chi connectivity index (χ1n) is 11.4. The second-order valence-corrected chi connectivity index (χ2v) is 8.56. The van der Waals surface area contributed by atoms with E-state index in [0.717, 1.165) is 16.1 Å². The number of carbonyl (C=O) groups excluding carboxylic acids is 4. The number of benzene rings is 2. The number of hydrazine groups is 1. The molecule has 180 valence electrons. The van der Waals surface area contributed by atoms with Gasteiger partial charge in [-0.25, -0.2) is 15.0 Å². The number of nitrogens with zero attached hydrogens (tertiary/aromatic N) is 1. The molecule has 34 heavy (non-hydrogen) atoms. The van der Waals surface area contributed by atoms with Crippen LogP contribution in [0.1, 0.15) is 50.7 Å². The van der Waals surface area contributed by atoms with Gasteiger partial charge in [0, 0.05) is 12.3 Å². The molecule has 2 aromatic rings. The van der Waals surface area contributed by atoms with Crippen molar-refractivity contribution in [2.75, 3.05) is 0 Å². The highest BCUT2D eigenvalue weighted by molar-refractivity contribution is 6.14. The summed E-state index contributed by atoms with van der Waals surface area (Å²) in [7, 11) is 0. The van der Waals surface area contributed by atoms with Crippen molar-refractivity contribution < 1.29 is 28.7 Å². The van der Waals surface area contributed by atoms with Crippen LogP contribution in [-0.4, -0.2) is 34.3 Å². The van der Waals surface area contributed by atoms with E-state index in [4.69, 9.17) is 9.47 Å². The molecule has 1 aliphatic carbocycles. The molecule has 0 heterocycles. The number of ketones is 2. The Balaban J connectivity index is 1.85. The van der Waals surface area contributed by atoms with Crippen LogP contribution in [-0.2, 0) is 32.3 Å². The Labute approximate surface area is 199 Å². The van der Waals surface area contributed by atoms with Crippen molar-refractivity contribution >= 4 is 23.8 Å². The van der Waals surface area contributed by atoms with Gasteiger partial charge in [-0.15, -0.1) is 0 Å².